The van der Waals surface area contributed by atoms with Gasteiger partial charge in [-0.25, -0.2) is 0 Å². The summed E-state index contributed by atoms with van der Waals surface area (Å²) in [6.07, 6.45) is 0. The van der Waals surface area contributed by atoms with Crippen molar-refractivity contribution in [3.63, 3.8) is 0 Å². The van der Waals surface area contributed by atoms with Crippen LogP contribution in [0.15, 0.2) is 48.5 Å². The Hall–Kier alpha value is -2.82. The predicted molar refractivity (Wildman–Crippen MR) is 91.2 cm³/mol. The fourth-order valence-corrected chi connectivity index (χ4v) is 2.01. The summed E-state index contributed by atoms with van der Waals surface area (Å²) in [5, 5.41) is 5.81. The van der Waals surface area contributed by atoms with Crippen LogP contribution in [-0.2, 0) is 4.79 Å². The van der Waals surface area contributed by atoms with Crippen molar-refractivity contribution >= 4 is 23.1 Å². The van der Waals surface area contributed by atoms with Crippen molar-refractivity contribution in [1.29, 1.82) is 0 Å². The SMILES string of the molecule is CCOc1ccc(NCC(=O)Nc2ccc(C(C)=O)cc2)cc1. The average molecular weight is 312 g/mol. The van der Waals surface area contributed by atoms with Crippen molar-refractivity contribution in [3.05, 3.63) is 54.1 Å². The number of Topliss-reactive ketones (excluding diaryl/α,β-unsaturated/α-hetero) is 1. The van der Waals surface area contributed by atoms with Crippen molar-refractivity contribution in [2.24, 2.45) is 0 Å². The Kier molecular flexibility index (Phi) is 5.74. The first-order valence-electron chi connectivity index (χ1n) is 7.46. The number of carbonyl (C=O) groups is 2. The number of hydrogen-bond acceptors (Lipinski definition) is 4. The molecule has 0 aliphatic carbocycles. The van der Waals surface area contributed by atoms with Crippen LogP contribution < -0.4 is 15.4 Å². The molecule has 0 aromatic heterocycles. The van der Waals surface area contributed by atoms with E-state index in [-0.39, 0.29) is 18.2 Å². The highest BCUT2D eigenvalue weighted by molar-refractivity contribution is 5.96. The van der Waals surface area contributed by atoms with E-state index in [0.29, 0.717) is 17.9 Å². The zero-order chi connectivity index (χ0) is 16.7. The molecule has 0 unspecified atom stereocenters. The molecule has 2 aromatic carbocycles. The van der Waals surface area contributed by atoms with E-state index in [0.717, 1.165) is 11.4 Å². The van der Waals surface area contributed by atoms with Gasteiger partial charge >= 0.3 is 0 Å². The smallest absolute Gasteiger partial charge is 0.243 e. The zero-order valence-electron chi connectivity index (χ0n) is 13.3. The molecular weight excluding hydrogens is 292 g/mol. The maximum Gasteiger partial charge on any atom is 0.243 e. The van der Waals surface area contributed by atoms with Crippen molar-refractivity contribution < 1.29 is 14.3 Å². The van der Waals surface area contributed by atoms with Gasteiger partial charge in [0.15, 0.2) is 5.78 Å². The standard InChI is InChI=1S/C18H20N2O3/c1-3-23-17-10-8-15(9-11-17)19-12-18(22)20-16-6-4-14(5-7-16)13(2)21/h4-11,19H,3,12H2,1-2H3,(H,20,22). The molecule has 120 valence electrons. The molecule has 2 aromatic rings. The summed E-state index contributed by atoms with van der Waals surface area (Å²) in [6.45, 7) is 4.22. The molecule has 0 heterocycles. The highest BCUT2D eigenvalue weighted by atomic mass is 16.5. The number of ketones is 1. The van der Waals surface area contributed by atoms with Crippen LogP contribution in [-0.4, -0.2) is 24.8 Å². The average Bonchev–Trinajstić information content (AvgIpc) is 2.55. The van der Waals surface area contributed by atoms with E-state index in [1.807, 2.05) is 31.2 Å². The Morgan fingerprint density at radius 1 is 0.957 bits per heavy atom. The molecule has 0 saturated heterocycles. The third kappa shape index (κ3) is 5.14. The van der Waals surface area contributed by atoms with Gasteiger partial charge in [-0.2, -0.15) is 0 Å². The molecule has 0 aliphatic heterocycles. The van der Waals surface area contributed by atoms with Crippen molar-refractivity contribution in [2.45, 2.75) is 13.8 Å². The summed E-state index contributed by atoms with van der Waals surface area (Å²) in [6, 6.07) is 14.2. The predicted octanol–water partition coefficient (Wildman–Crippen LogP) is 3.34. The number of ether oxygens (including phenoxy) is 1. The van der Waals surface area contributed by atoms with E-state index < -0.39 is 0 Å². The van der Waals surface area contributed by atoms with E-state index in [1.165, 1.54) is 6.92 Å². The van der Waals surface area contributed by atoms with E-state index in [1.54, 1.807) is 24.3 Å². The van der Waals surface area contributed by atoms with Crippen LogP contribution >= 0.6 is 0 Å². The number of anilines is 2. The second-order valence-corrected chi connectivity index (χ2v) is 4.99. The molecule has 2 rings (SSSR count). The van der Waals surface area contributed by atoms with Gasteiger partial charge in [-0.05, 0) is 62.4 Å². The first-order chi connectivity index (χ1) is 11.1. The molecule has 0 saturated carbocycles. The summed E-state index contributed by atoms with van der Waals surface area (Å²) >= 11 is 0. The lowest BCUT2D eigenvalue weighted by atomic mass is 10.1. The number of amides is 1. The lowest BCUT2D eigenvalue weighted by Crippen LogP contribution is -2.21. The molecule has 5 heteroatoms. The Balaban J connectivity index is 1.83. The van der Waals surface area contributed by atoms with Crippen molar-refractivity contribution in [2.75, 3.05) is 23.8 Å². The van der Waals surface area contributed by atoms with E-state index in [9.17, 15) is 9.59 Å². The van der Waals surface area contributed by atoms with Gasteiger partial charge in [0.1, 0.15) is 5.75 Å². The van der Waals surface area contributed by atoms with Crippen molar-refractivity contribution in [1.82, 2.24) is 0 Å². The molecule has 0 atom stereocenters. The molecular formula is C18H20N2O3. The molecule has 5 nitrogen and oxygen atoms in total. The van der Waals surface area contributed by atoms with Crippen LogP contribution in [0.4, 0.5) is 11.4 Å². The molecule has 23 heavy (non-hydrogen) atoms. The van der Waals surface area contributed by atoms with E-state index in [2.05, 4.69) is 10.6 Å². The molecule has 2 N–H and O–H groups in total. The molecule has 1 amide bonds. The Morgan fingerprint density at radius 3 is 2.13 bits per heavy atom. The summed E-state index contributed by atoms with van der Waals surface area (Å²) in [5.74, 6) is 0.641. The van der Waals surface area contributed by atoms with Gasteiger partial charge in [-0.3, -0.25) is 9.59 Å². The monoisotopic (exact) mass is 312 g/mol. The van der Waals surface area contributed by atoms with Crippen LogP contribution in [0.5, 0.6) is 5.75 Å². The van der Waals surface area contributed by atoms with Gasteiger partial charge in [0, 0.05) is 16.9 Å². The maximum absolute atomic E-state index is 11.9. The number of nitrogens with one attached hydrogen (secondary N) is 2. The van der Waals surface area contributed by atoms with Crippen molar-refractivity contribution in [3.8, 4) is 5.75 Å². The zero-order valence-corrected chi connectivity index (χ0v) is 13.3. The second kappa shape index (κ2) is 7.98. The normalized spacial score (nSPS) is 10.0. The van der Waals surface area contributed by atoms with Gasteiger partial charge in [0.05, 0.1) is 13.2 Å². The quantitative estimate of drug-likeness (QED) is 0.770. The highest BCUT2D eigenvalue weighted by Crippen LogP contribution is 2.15. The maximum atomic E-state index is 11.9. The van der Waals surface area contributed by atoms with Gasteiger partial charge in [0.25, 0.3) is 0 Å². The second-order valence-electron chi connectivity index (χ2n) is 4.99. The first-order valence-corrected chi connectivity index (χ1v) is 7.46. The lowest BCUT2D eigenvalue weighted by Gasteiger charge is -2.09. The van der Waals surface area contributed by atoms with E-state index >= 15 is 0 Å². The molecule has 0 bridgehead atoms. The number of rotatable bonds is 7. The third-order valence-electron chi connectivity index (χ3n) is 3.19. The molecule has 0 spiro atoms. The summed E-state index contributed by atoms with van der Waals surface area (Å²) in [7, 11) is 0. The summed E-state index contributed by atoms with van der Waals surface area (Å²) < 4.78 is 5.36. The number of carbonyl (C=O) groups excluding carboxylic acids is 2. The number of benzene rings is 2. The first kappa shape index (κ1) is 16.5. The summed E-state index contributed by atoms with van der Waals surface area (Å²) in [4.78, 5) is 23.1. The Bertz CT molecular complexity index is 664. The lowest BCUT2D eigenvalue weighted by molar-refractivity contribution is -0.114. The molecule has 0 fully saturated rings. The largest absolute Gasteiger partial charge is 0.494 e. The summed E-state index contributed by atoms with van der Waals surface area (Å²) in [5.41, 5.74) is 2.12. The van der Waals surface area contributed by atoms with Gasteiger partial charge in [-0.15, -0.1) is 0 Å². The fraction of sp³-hybridized carbons (Fsp3) is 0.222. The van der Waals surface area contributed by atoms with Crippen LogP contribution in [0.1, 0.15) is 24.2 Å². The third-order valence-corrected chi connectivity index (χ3v) is 3.19. The minimum Gasteiger partial charge on any atom is -0.494 e. The Labute approximate surface area is 135 Å². The van der Waals surface area contributed by atoms with E-state index in [4.69, 9.17) is 4.74 Å². The minimum absolute atomic E-state index is 0.0000395. The highest BCUT2D eigenvalue weighted by Gasteiger charge is 2.04. The fourth-order valence-electron chi connectivity index (χ4n) is 2.01. The van der Waals surface area contributed by atoms with Crippen LogP contribution in [0.2, 0.25) is 0 Å². The van der Waals surface area contributed by atoms with Gasteiger partial charge < -0.3 is 15.4 Å². The molecule has 0 aliphatic rings. The van der Waals surface area contributed by atoms with Crippen LogP contribution in [0, 0.1) is 0 Å². The number of hydrogen-bond donors (Lipinski definition) is 2. The Morgan fingerprint density at radius 2 is 1.57 bits per heavy atom. The van der Waals surface area contributed by atoms with Gasteiger partial charge in [0.2, 0.25) is 5.91 Å². The minimum atomic E-state index is -0.158. The molecule has 0 radical (unpaired) electrons. The van der Waals surface area contributed by atoms with Crippen LogP contribution in [0.3, 0.4) is 0 Å². The van der Waals surface area contributed by atoms with Crippen LogP contribution in [0.25, 0.3) is 0 Å². The van der Waals surface area contributed by atoms with Gasteiger partial charge in [-0.1, -0.05) is 0 Å². The topological polar surface area (TPSA) is 67.4 Å².